The Kier molecular flexibility index (Phi) is 8.32. The van der Waals surface area contributed by atoms with Crippen LogP contribution in [0.2, 0.25) is 0 Å². The lowest BCUT2D eigenvalue weighted by Gasteiger charge is -2.22. The summed E-state index contributed by atoms with van der Waals surface area (Å²) in [5.41, 5.74) is 3.05. The van der Waals surface area contributed by atoms with E-state index in [4.69, 9.17) is 9.47 Å². The van der Waals surface area contributed by atoms with Crippen LogP contribution in [-0.4, -0.2) is 48.6 Å². The molecule has 3 aromatic rings. The van der Waals surface area contributed by atoms with Gasteiger partial charge in [-0.05, 0) is 36.6 Å². The van der Waals surface area contributed by atoms with Gasteiger partial charge in [-0.3, -0.25) is 4.79 Å². The summed E-state index contributed by atoms with van der Waals surface area (Å²) in [5.74, 6) is -0.526. The summed E-state index contributed by atoms with van der Waals surface area (Å²) in [6.07, 6.45) is 0.709. The minimum Gasteiger partial charge on any atom is -0.461 e. The predicted molar refractivity (Wildman–Crippen MR) is 121 cm³/mol. The van der Waals surface area contributed by atoms with Crippen molar-refractivity contribution in [2.75, 3.05) is 26.9 Å². The Labute approximate surface area is 186 Å². The first-order valence-corrected chi connectivity index (χ1v) is 11.1. The van der Waals surface area contributed by atoms with E-state index < -0.39 is 5.97 Å². The van der Waals surface area contributed by atoms with Gasteiger partial charge in [0.1, 0.15) is 5.01 Å². The van der Waals surface area contributed by atoms with E-state index in [1.54, 1.807) is 24.3 Å². The number of aromatic nitrogens is 1. The summed E-state index contributed by atoms with van der Waals surface area (Å²) in [5, 5.41) is 2.36. The second-order valence-corrected chi connectivity index (χ2v) is 7.81. The number of ether oxygens (including phenoxy) is 2. The quantitative estimate of drug-likeness (QED) is 0.340. The number of carbonyl (C=O) groups is 2. The molecule has 31 heavy (non-hydrogen) atoms. The maximum absolute atomic E-state index is 13.2. The van der Waals surface area contributed by atoms with Crippen molar-refractivity contribution in [1.82, 2.24) is 9.88 Å². The third-order valence-electron chi connectivity index (χ3n) is 4.67. The Balaban J connectivity index is 1.74. The van der Waals surface area contributed by atoms with Crippen LogP contribution >= 0.6 is 11.3 Å². The summed E-state index contributed by atoms with van der Waals surface area (Å²) in [7, 11) is 1.64. The van der Waals surface area contributed by atoms with Crippen LogP contribution in [0, 0.1) is 0 Å². The summed E-state index contributed by atoms with van der Waals surface area (Å²) in [6.45, 7) is 3.47. The lowest BCUT2D eigenvalue weighted by atomic mass is 10.0. The smallest absolute Gasteiger partial charge is 0.357 e. The fraction of sp³-hybridized carbons (Fsp3) is 0.292. The molecule has 3 rings (SSSR count). The number of hydrogen-bond acceptors (Lipinski definition) is 6. The van der Waals surface area contributed by atoms with E-state index in [-0.39, 0.29) is 11.6 Å². The summed E-state index contributed by atoms with van der Waals surface area (Å²) in [4.78, 5) is 31.2. The highest BCUT2D eigenvalue weighted by atomic mass is 32.1. The average Bonchev–Trinajstić information content (AvgIpc) is 3.28. The highest BCUT2D eigenvalue weighted by molar-refractivity contribution is 7.09. The van der Waals surface area contributed by atoms with Gasteiger partial charge in [0.25, 0.3) is 5.91 Å². The van der Waals surface area contributed by atoms with E-state index >= 15 is 0 Å². The van der Waals surface area contributed by atoms with Crippen LogP contribution in [-0.2, 0) is 16.0 Å². The molecule has 0 fully saturated rings. The largest absolute Gasteiger partial charge is 0.461 e. The van der Waals surface area contributed by atoms with Gasteiger partial charge < -0.3 is 14.4 Å². The van der Waals surface area contributed by atoms with Crippen molar-refractivity contribution in [2.45, 2.75) is 19.9 Å². The molecule has 0 aliphatic rings. The van der Waals surface area contributed by atoms with Crippen LogP contribution in [0.15, 0.2) is 60.0 Å². The molecule has 0 saturated heterocycles. The molecule has 0 spiro atoms. The molecule has 0 atom stereocenters. The van der Waals surface area contributed by atoms with Crippen LogP contribution in [0.25, 0.3) is 11.1 Å². The third kappa shape index (κ3) is 6.23. The number of esters is 1. The minimum absolute atomic E-state index is 0.0800. The van der Waals surface area contributed by atoms with E-state index in [1.807, 2.05) is 54.6 Å². The number of rotatable bonds is 10. The van der Waals surface area contributed by atoms with Gasteiger partial charge in [0, 0.05) is 31.2 Å². The number of benzene rings is 2. The Hall–Kier alpha value is -3.03. The first kappa shape index (κ1) is 22.7. The number of nitrogens with zero attached hydrogens (tertiary/aromatic N) is 2. The zero-order chi connectivity index (χ0) is 22.1. The Morgan fingerprint density at radius 1 is 1.03 bits per heavy atom. The maximum atomic E-state index is 13.2. The van der Waals surface area contributed by atoms with Crippen molar-refractivity contribution in [2.24, 2.45) is 0 Å². The molecule has 0 bridgehead atoms. The number of amides is 1. The SMILES string of the molecule is CCOC(=O)c1csc(CN(CCCOC)C(=O)c2ccc(-c3ccccc3)cc2)n1. The number of methoxy groups -OCH3 is 1. The van der Waals surface area contributed by atoms with E-state index in [0.717, 1.165) is 11.1 Å². The van der Waals surface area contributed by atoms with Crippen molar-refractivity contribution in [3.8, 4) is 11.1 Å². The molecule has 6 nitrogen and oxygen atoms in total. The molecule has 0 unspecified atom stereocenters. The molecule has 1 aromatic heterocycles. The normalized spacial score (nSPS) is 10.6. The highest BCUT2D eigenvalue weighted by Gasteiger charge is 2.19. The fourth-order valence-electron chi connectivity index (χ4n) is 3.12. The minimum atomic E-state index is -0.446. The average molecular weight is 439 g/mol. The first-order valence-electron chi connectivity index (χ1n) is 10.2. The second-order valence-electron chi connectivity index (χ2n) is 6.86. The Morgan fingerprint density at radius 2 is 1.74 bits per heavy atom. The molecule has 162 valence electrons. The predicted octanol–water partition coefficient (Wildman–Crippen LogP) is 4.67. The van der Waals surface area contributed by atoms with Gasteiger partial charge in [-0.15, -0.1) is 11.3 Å². The van der Waals surface area contributed by atoms with E-state index in [2.05, 4.69) is 4.98 Å². The lowest BCUT2D eigenvalue weighted by molar-refractivity contribution is 0.0520. The molecule has 0 radical (unpaired) electrons. The molecule has 0 aliphatic carbocycles. The van der Waals surface area contributed by atoms with Gasteiger partial charge in [-0.1, -0.05) is 42.5 Å². The highest BCUT2D eigenvalue weighted by Crippen LogP contribution is 2.21. The van der Waals surface area contributed by atoms with Gasteiger partial charge in [0.05, 0.1) is 13.2 Å². The molecule has 1 amide bonds. The molecule has 2 aromatic carbocycles. The van der Waals surface area contributed by atoms with Crippen molar-refractivity contribution in [3.05, 3.63) is 76.2 Å². The lowest BCUT2D eigenvalue weighted by Crippen LogP contribution is -2.32. The monoisotopic (exact) mass is 438 g/mol. The van der Waals surface area contributed by atoms with Crippen molar-refractivity contribution in [1.29, 1.82) is 0 Å². The second kappa shape index (κ2) is 11.4. The van der Waals surface area contributed by atoms with E-state index in [1.165, 1.54) is 11.3 Å². The maximum Gasteiger partial charge on any atom is 0.357 e. The van der Waals surface area contributed by atoms with Gasteiger partial charge in [0.2, 0.25) is 0 Å². The summed E-state index contributed by atoms with van der Waals surface area (Å²) in [6, 6.07) is 17.6. The van der Waals surface area contributed by atoms with Crippen LogP contribution in [0.5, 0.6) is 0 Å². The number of carbonyl (C=O) groups excluding carboxylic acids is 2. The van der Waals surface area contributed by atoms with E-state index in [0.29, 0.717) is 43.3 Å². The fourth-order valence-corrected chi connectivity index (χ4v) is 3.89. The zero-order valence-electron chi connectivity index (χ0n) is 17.7. The Morgan fingerprint density at radius 3 is 2.42 bits per heavy atom. The van der Waals surface area contributed by atoms with Crippen molar-refractivity contribution in [3.63, 3.8) is 0 Å². The Bertz CT molecular complexity index is 986. The van der Waals surface area contributed by atoms with Crippen LogP contribution in [0.1, 0.15) is 39.2 Å². The first-order chi connectivity index (χ1) is 15.1. The summed E-state index contributed by atoms with van der Waals surface area (Å²) >= 11 is 1.35. The molecule has 1 heterocycles. The van der Waals surface area contributed by atoms with Gasteiger partial charge in [0.15, 0.2) is 5.69 Å². The third-order valence-corrected chi connectivity index (χ3v) is 5.50. The van der Waals surface area contributed by atoms with Crippen LogP contribution < -0.4 is 0 Å². The number of thiazole rings is 1. The van der Waals surface area contributed by atoms with Crippen LogP contribution in [0.3, 0.4) is 0 Å². The van der Waals surface area contributed by atoms with Gasteiger partial charge in [-0.25, -0.2) is 9.78 Å². The molecular formula is C24H26N2O4S. The number of hydrogen-bond donors (Lipinski definition) is 0. The molecule has 0 aliphatic heterocycles. The van der Waals surface area contributed by atoms with Crippen molar-refractivity contribution < 1.29 is 19.1 Å². The standard InChI is InChI=1S/C24H26N2O4S/c1-3-30-24(28)21-17-31-22(25-21)16-26(14-7-15-29-2)23(27)20-12-10-19(11-13-20)18-8-5-4-6-9-18/h4-6,8-13,17H,3,7,14-16H2,1-2H3. The van der Waals surface area contributed by atoms with Crippen LogP contribution in [0.4, 0.5) is 0 Å². The molecule has 0 saturated carbocycles. The molecular weight excluding hydrogens is 412 g/mol. The molecule has 7 heteroatoms. The summed E-state index contributed by atoms with van der Waals surface area (Å²) < 4.78 is 10.1. The van der Waals surface area contributed by atoms with E-state index in [9.17, 15) is 9.59 Å². The van der Waals surface area contributed by atoms with Gasteiger partial charge in [-0.2, -0.15) is 0 Å². The van der Waals surface area contributed by atoms with Crippen molar-refractivity contribution >= 4 is 23.2 Å². The topological polar surface area (TPSA) is 68.7 Å². The molecule has 0 N–H and O–H groups in total. The van der Waals surface area contributed by atoms with Gasteiger partial charge >= 0.3 is 5.97 Å². The zero-order valence-corrected chi connectivity index (χ0v) is 18.6.